The van der Waals surface area contributed by atoms with E-state index in [-0.39, 0.29) is 5.78 Å². The average Bonchev–Trinajstić information content (AvgIpc) is 2.25. The normalized spacial score (nSPS) is 9.94. The highest BCUT2D eigenvalue weighted by Crippen LogP contribution is 2.21. The lowest BCUT2D eigenvalue weighted by Gasteiger charge is -2.25. The molecule has 0 unspecified atom stereocenters. The largest absolute Gasteiger partial charge is 0.367 e. The summed E-state index contributed by atoms with van der Waals surface area (Å²) in [7, 11) is 0. The van der Waals surface area contributed by atoms with Crippen LogP contribution in [0.5, 0.6) is 0 Å². The van der Waals surface area contributed by atoms with Gasteiger partial charge >= 0.3 is 0 Å². The maximum absolute atomic E-state index is 11.5. The molecule has 0 N–H and O–H groups in total. The summed E-state index contributed by atoms with van der Waals surface area (Å²) in [6.45, 7) is 11.3. The van der Waals surface area contributed by atoms with Crippen LogP contribution in [0.25, 0.3) is 0 Å². The summed E-state index contributed by atoms with van der Waals surface area (Å²) in [5, 5.41) is 0. The Labute approximate surface area is 97.6 Å². The van der Waals surface area contributed by atoms with Gasteiger partial charge in [-0.05, 0) is 32.9 Å². The number of ketones is 1. The molecule has 0 saturated carbocycles. The Morgan fingerprint density at radius 1 is 1.31 bits per heavy atom. The van der Waals surface area contributed by atoms with Crippen LogP contribution < -0.4 is 4.90 Å². The monoisotopic (exact) mass is 217 g/mol. The van der Waals surface area contributed by atoms with E-state index in [0.717, 1.165) is 29.9 Å². The summed E-state index contributed by atoms with van der Waals surface area (Å²) in [4.78, 5) is 13.7. The molecule has 0 spiro atoms. The van der Waals surface area contributed by atoms with Crippen molar-refractivity contribution >= 4 is 11.5 Å². The number of nitrogens with zero attached hydrogens (tertiary/aromatic N) is 1. The molecule has 86 valence electrons. The highest BCUT2D eigenvalue weighted by molar-refractivity contribution is 5.99. The molecule has 0 radical (unpaired) electrons. The van der Waals surface area contributed by atoms with Gasteiger partial charge in [0.1, 0.15) is 0 Å². The van der Waals surface area contributed by atoms with E-state index in [9.17, 15) is 4.79 Å². The third kappa shape index (κ3) is 2.96. The second-order valence-electron chi connectivity index (χ2n) is 4.04. The van der Waals surface area contributed by atoms with Gasteiger partial charge in [0.2, 0.25) is 0 Å². The quantitative estimate of drug-likeness (QED) is 0.557. The number of carbonyl (C=O) groups excluding carboxylic acids is 1. The van der Waals surface area contributed by atoms with Gasteiger partial charge in [0.05, 0.1) is 0 Å². The minimum Gasteiger partial charge on any atom is -0.367 e. The first-order valence-electron chi connectivity index (χ1n) is 5.55. The fraction of sp³-hybridized carbons (Fsp3) is 0.357. The number of hydrogen-bond donors (Lipinski definition) is 0. The topological polar surface area (TPSA) is 20.3 Å². The predicted octanol–water partition coefficient (Wildman–Crippen LogP) is 3.29. The van der Waals surface area contributed by atoms with Crippen molar-refractivity contribution in [2.75, 3.05) is 18.0 Å². The lowest BCUT2D eigenvalue weighted by atomic mass is 10.1. The van der Waals surface area contributed by atoms with E-state index in [1.54, 1.807) is 6.92 Å². The molecule has 0 aliphatic carbocycles. The van der Waals surface area contributed by atoms with Gasteiger partial charge in [-0.25, -0.2) is 0 Å². The molecular formula is C14H19NO. The molecule has 0 atom stereocenters. The van der Waals surface area contributed by atoms with Crippen molar-refractivity contribution in [1.82, 2.24) is 0 Å². The lowest BCUT2D eigenvalue weighted by molar-refractivity contribution is 0.101. The Bertz CT molecular complexity index is 395. The van der Waals surface area contributed by atoms with E-state index in [1.807, 2.05) is 31.2 Å². The third-order valence-electron chi connectivity index (χ3n) is 2.47. The average molecular weight is 217 g/mol. The van der Waals surface area contributed by atoms with Crippen molar-refractivity contribution in [2.24, 2.45) is 0 Å². The highest BCUT2D eigenvalue weighted by Gasteiger charge is 2.11. The number of carbonyl (C=O) groups is 1. The van der Waals surface area contributed by atoms with Crippen LogP contribution in [0.4, 0.5) is 5.69 Å². The van der Waals surface area contributed by atoms with Crippen LogP contribution in [-0.4, -0.2) is 18.9 Å². The van der Waals surface area contributed by atoms with Crippen LogP contribution in [-0.2, 0) is 0 Å². The minimum absolute atomic E-state index is 0.107. The Hall–Kier alpha value is -1.57. The summed E-state index contributed by atoms with van der Waals surface area (Å²) in [6, 6.07) is 7.72. The van der Waals surface area contributed by atoms with Gasteiger partial charge < -0.3 is 4.90 Å². The SMILES string of the molecule is C=C(C)CN(CC)c1ccccc1C(C)=O. The fourth-order valence-corrected chi connectivity index (χ4v) is 1.74. The molecule has 2 heteroatoms. The molecule has 16 heavy (non-hydrogen) atoms. The predicted molar refractivity (Wildman–Crippen MR) is 69.1 cm³/mol. The maximum atomic E-state index is 11.5. The zero-order valence-corrected chi connectivity index (χ0v) is 10.3. The first-order valence-corrected chi connectivity index (χ1v) is 5.55. The van der Waals surface area contributed by atoms with Gasteiger partial charge in [-0.15, -0.1) is 0 Å². The van der Waals surface area contributed by atoms with Crippen molar-refractivity contribution in [3.63, 3.8) is 0 Å². The van der Waals surface area contributed by atoms with Gasteiger partial charge in [-0.3, -0.25) is 4.79 Å². The van der Waals surface area contributed by atoms with Crippen LogP contribution >= 0.6 is 0 Å². The lowest BCUT2D eigenvalue weighted by Crippen LogP contribution is -2.26. The summed E-state index contributed by atoms with van der Waals surface area (Å²) >= 11 is 0. The minimum atomic E-state index is 0.107. The molecule has 0 aliphatic rings. The van der Waals surface area contributed by atoms with Gasteiger partial charge in [0.15, 0.2) is 5.78 Å². The van der Waals surface area contributed by atoms with E-state index in [1.165, 1.54) is 0 Å². The Balaban J connectivity index is 3.08. The van der Waals surface area contributed by atoms with E-state index in [4.69, 9.17) is 0 Å². The zero-order chi connectivity index (χ0) is 12.1. The fourth-order valence-electron chi connectivity index (χ4n) is 1.74. The first kappa shape index (κ1) is 12.5. The molecule has 1 aromatic carbocycles. The van der Waals surface area contributed by atoms with Crippen molar-refractivity contribution in [3.8, 4) is 0 Å². The van der Waals surface area contributed by atoms with E-state index < -0.39 is 0 Å². The molecule has 1 aromatic rings. The van der Waals surface area contributed by atoms with E-state index >= 15 is 0 Å². The summed E-state index contributed by atoms with van der Waals surface area (Å²) in [6.07, 6.45) is 0. The third-order valence-corrected chi connectivity index (χ3v) is 2.47. The molecule has 0 bridgehead atoms. The number of hydrogen-bond acceptors (Lipinski definition) is 2. The Kier molecular flexibility index (Phi) is 4.29. The van der Waals surface area contributed by atoms with Crippen LogP contribution in [0.3, 0.4) is 0 Å². The Morgan fingerprint density at radius 3 is 2.44 bits per heavy atom. The van der Waals surface area contributed by atoms with Gasteiger partial charge in [0, 0.05) is 24.3 Å². The second-order valence-corrected chi connectivity index (χ2v) is 4.04. The number of para-hydroxylation sites is 1. The molecule has 0 fully saturated rings. The summed E-state index contributed by atoms with van der Waals surface area (Å²) in [5.74, 6) is 0.107. The smallest absolute Gasteiger partial charge is 0.161 e. The van der Waals surface area contributed by atoms with Crippen LogP contribution in [0.2, 0.25) is 0 Å². The van der Waals surface area contributed by atoms with E-state index in [0.29, 0.717) is 0 Å². The molecule has 0 aliphatic heterocycles. The second kappa shape index (κ2) is 5.50. The molecule has 0 heterocycles. The molecule has 0 aromatic heterocycles. The van der Waals surface area contributed by atoms with Crippen molar-refractivity contribution in [2.45, 2.75) is 20.8 Å². The number of likely N-dealkylation sites (N-methyl/N-ethyl adjacent to an activating group) is 1. The number of rotatable bonds is 5. The first-order chi connectivity index (χ1) is 7.56. The number of Topliss-reactive ketones (excluding diaryl/α,β-unsaturated/α-hetero) is 1. The van der Waals surface area contributed by atoms with Crippen molar-refractivity contribution in [1.29, 1.82) is 0 Å². The molecule has 1 rings (SSSR count). The van der Waals surface area contributed by atoms with Gasteiger partial charge in [-0.1, -0.05) is 24.3 Å². The zero-order valence-electron chi connectivity index (χ0n) is 10.3. The maximum Gasteiger partial charge on any atom is 0.161 e. The molecule has 0 saturated heterocycles. The van der Waals surface area contributed by atoms with Gasteiger partial charge in [0.25, 0.3) is 0 Å². The van der Waals surface area contributed by atoms with E-state index in [2.05, 4.69) is 18.4 Å². The Morgan fingerprint density at radius 2 is 1.94 bits per heavy atom. The summed E-state index contributed by atoms with van der Waals surface area (Å²) in [5.41, 5.74) is 2.88. The van der Waals surface area contributed by atoms with Crippen LogP contribution in [0, 0.1) is 0 Å². The van der Waals surface area contributed by atoms with Gasteiger partial charge in [-0.2, -0.15) is 0 Å². The van der Waals surface area contributed by atoms with Crippen molar-refractivity contribution in [3.05, 3.63) is 42.0 Å². The van der Waals surface area contributed by atoms with Crippen molar-refractivity contribution < 1.29 is 4.79 Å². The van der Waals surface area contributed by atoms with Crippen LogP contribution in [0.15, 0.2) is 36.4 Å². The number of anilines is 1. The molecular weight excluding hydrogens is 198 g/mol. The van der Waals surface area contributed by atoms with Crippen LogP contribution in [0.1, 0.15) is 31.1 Å². The highest BCUT2D eigenvalue weighted by atomic mass is 16.1. The molecule has 2 nitrogen and oxygen atoms in total. The number of benzene rings is 1. The standard InChI is InChI=1S/C14H19NO/c1-5-15(10-11(2)3)14-9-7-6-8-13(14)12(4)16/h6-9H,2,5,10H2,1,3-4H3. The summed E-state index contributed by atoms with van der Waals surface area (Å²) < 4.78 is 0. The molecule has 0 amide bonds.